The van der Waals surface area contributed by atoms with Crippen molar-refractivity contribution in [3.8, 4) is 0 Å². The van der Waals surface area contributed by atoms with Crippen LogP contribution in [0.1, 0.15) is 42.0 Å². The van der Waals surface area contributed by atoms with Crippen molar-refractivity contribution in [3.63, 3.8) is 0 Å². The summed E-state index contributed by atoms with van der Waals surface area (Å²) in [6.07, 6.45) is 3.62. The molecule has 2 nitrogen and oxygen atoms in total. The first-order chi connectivity index (χ1) is 8.15. The second-order valence-corrected chi connectivity index (χ2v) is 6.85. The van der Waals surface area contributed by atoms with Crippen LogP contribution in [-0.2, 0) is 10.8 Å². The van der Waals surface area contributed by atoms with Gasteiger partial charge >= 0.3 is 0 Å². The maximum atomic E-state index is 12.1. The van der Waals surface area contributed by atoms with Crippen LogP contribution in [0.3, 0.4) is 0 Å². The Morgan fingerprint density at radius 2 is 1.88 bits per heavy atom. The van der Waals surface area contributed by atoms with Gasteiger partial charge < -0.3 is 5.32 Å². The Balaban J connectivity index is 2.00. The second-order valence-electron chi connectivity index (χ2n) is 5.31. The van der Waals surface area contributed by atoms with Crippen LogP contribution < -0.4 is 5.32 Å². The van der Waals surface area contributed by atoms with Gasteiger partial charge in [-0.1, -0.05) is 6.07 Å². The van der Waals surface area contributed by atoms with E-state index in [0.29, 0.717) is 12.1 Å². The number of aryl methyl sites for hydroxylation is 2. The molecule has 17 heavy (non-hydrogen) atoms. The highest BCUT2D eigenvalue weighted by molar-refractivity contribution is 7.85. The first-order valence-electron chi connectivity index (χ1n) is 6.40. The van der Waals surface area contributed by atoms with Crippen LogP contribution in [-0.4, -0.2) is 16.0 Å². The largest absolute Gasteiger partial charge is 0.307 e. The lowest BCUT2D eigenvalue weighted by Gasteiger charge is -2.27. The molecule has 2 aliphatic rings. The van der Waals surface area contributed by atoms with E-state index >= 15 is 0 Å². The minimum Gasteiger partial charge on any atom is -0.307 e. The minimum atomic E-state index is -0.789. The zero-order valence-corrected chi connectivity index (χ0v) is 11.3. The molecule has 1 aliphatic carbocycles. The smallest absolute Gasteiger partial charge is 0.0533 e. The van der Waals surface area contributed by atoms with Crippen LogP contribution in [0, 0.1) is 13.8 Å². The molecule has 1 aromatic rings. The third-order valence-electron chi connectivity index (χ3n) is 3.85. The van der Waals surface area contributed by atoms with Crippen LogP contribution in [0.2, 0.25) is 0 Å². The van der Waals surface area contributed by atoms with Gasteiger partial charge in [0.25, 0.3) is 0 Å². The summed E-state index contributed by atoms with van der Waals surface area (Å²) in [7, 11) is -0.789. The van der Waals surface area contributed by atoms with Crippen LogP contribution in [0.4, 0.5) is 0 Å². The second kappa shape index (κ2) is 4.21. The molecule has 1 N–H and O–H groups in total. The molecular weight excluding hydrogens is 230 g/mol. The van der Waals surface area contributed by atoms with Gasteiger partial charge in [-0.3, -0.25) is 4.21 Å². The van der Waals surface area contributed by atoms with E-state index in [4.69, 9.17) is 0 Å². The Bertz CT molecular complexity index is 479. The predicted molar refractivity (Wildman–Crippen MR) is 70.7 cm³/mol. The molecule has 0 bridgehead atoms. The van der Waals surface area contributed by atoms with Gasteiger partial charge in [-0.25, -0.2) is 0 Å². The number of hydrogen-bond donors (Lipinski definition) is 1. The van der Waals surface area contributed by atoms with Crippen molar-refractivity contribution in [2.24, 2.45) is 0 Å². The summed E-state index contributed by atoms with van der Waals surface area (Å²) in [5.41, 5.74) is 3.85. The monoisotopic (exact) mass is 249 g/mol. The topological polar surface area (TPSA) is 29.1 Å². The SMILES string of the molecule is Cc1cc2c(cc1C)S(=O)CCC2NC1CC1. The molecule has 0 spiro atoms. The summed E-state index contributed by atoms with van der Waals surface area (Å²) in [6, 6.07) is 5.50. The van der Waals surface area contributed by atoms with Crippen LogP contribution in [0.15, 0.2) is 17.0 Å². The molecular formula is C14H19NOS. The van der Waals surface area contributed by atoms with Gasteiger partial charge in [-0.15, -0.1) is 0 Å². The highest BCUT2D eigenvalue weighted by Gasteiger charge is 2.30. The van der Waals surface area contributed by atoms with E-state index in [1.165, 1.54) is 29.5 Å². The molecule has 1 fully saturated rings. The summed E-state index contributed by atoms with van der Waals surface area (Å²) < 4.78 is 12.1. The predicted octanol–water partition coefficient (Wildman–Crippen LogP) is 2.61. The number of rotatable bonds is 2. The van der Waals surface area contributed by atoms with Crippen molar-refractivity contribution in [1.29, 1.82) is 0 Å². The van der Waals surface area contributed by atoms with Gasteiger partial charge in [0, 0.05) is 22.7 Å². The average molecular weight is 249 g/mol. The standard InChI is InChI=1S/C14H19NOS/c1-9-7-12-13(15-11-3-4-11)5-6-17(16)14(12)8-10(9)2/h7-8,11,13,15H,3-6H2,1-2H3. The van der Waals surface area contributed by atoms with E-state index < -0.39 is 10.8 Å². The van der Waals surface area contributed by atoms with Gasteiger partial charge in [-0.2, -0.15) is 0 Å². The van der Waals surface area contributed by atoms with Gasteiger partial charge in [0.1, 0.15) is 0 Å². The maximum Gasteiger partial charge on any atom is 0.0533 e. The Labute approximate surface area is 105 Å². The molecule has 1 saturated carbocycles. The molecule has 0 saturated heterocycles. The lowest BCUT2D eigenvalue weighted by atomic mass is 9.98. The van der Waals surface area contributed by atoms with Gasteiger partial charge in [0.2, 0.25) is 0 Å². The molecule has 1 aliphatic heterocycles. The van der Waals surface area contributed by atoms with E-state index in [2.05, 4.69) is 31.3 Å². The van der Waals surface area contributed by atoms with Crippen molar-refractivity contribution >= 4 is 10.8 Å². The minimum absolute atomic E-state index is 0.425. The summed E-state index contributed by atoms with van der Waals surface area (Å²) >= 11 is 0. The Hall–Kier alpha value is -0.670. The zero-order chi connectivity index (χ0) is 12.0. The van der Waals surface area contributed by atoms with Crippen molar-refractivity contribution in [3.05, 3.63) is 28.8 Å². The molecule has 3 rings (SSSR count). The molecule has 2 unspecified atom stereocenters. The van der Waals surface area contributed by atoms with Gasteiger partial charge in [0.15, 0.2) is 0 Å². The number of benzene rings is 1. The summed E-state index contributed by atoms with van der Waals surface area (Å²) in [4.78, 5) is 1.07. The highest BCUT2D eigenvalue weighted by atomic mass is 32.2. The number of hydrogen-bond acceptors (Lipinski definition) is 2. The molecule has 3 heteroatoms. The molecule has 0 radical (unpaired) electrons. The third kappa shape index (κ3) is 2.18. The van der Waals surface area contributed by atoms with E-state index in [1.807, 2.05) is 0 Å². The van der Waals surface area contributed by atoms with Crippen molar-refractivity contribution < 1.29 is 4.21 Å². The Morgan fingerprint density at radius 3 is 2.59 bits per heavy atom. The number of fused-ring (bicyclic) bond motifs is 1. The van der Waals surface area contributed by atoms with Crippen molar-refractivity contribution in [2.75, 3.05) is 5.75 Å². The fourth-order valence-corrected chi connectivity index (χ4v) is 3.92. The summed E-state index contributed by atoms with van der Waals surface area (Å²) in [6.45, 7) is 4.24. The fourth-order valence-electron chi connectivity index (χ4n) is 2.48. The summed E-state index contributed by atoms with van der Waals surface area (Å²) in [5, 5.41) is 3.68. The van der Waals surface area contributed by atoms with E-state index in [1.54, 1.807) is 0 Å². The highest BCUT2D eigenvalue weighted by Crippen LogP contribution is 2.34. The van der Waals surface area contributed by atoms with Crippen LogP contribution in [0.25, 0.3) is 0 Å². The first kappa shape index (κ1) is 11.4. The average Bonchev–Trinajstić information content (AvgIpc) is 3.09. The zero-order valence-electron chi connectivity index (χ0n) is 10.5. The normalized spacial score (nSPS) is 27.9. The van der Waals surface area contributed by atoms with E-state index in [-0.39, 0.29) is 0 Å². The van der Waals surface area contributed by atoms with Gasteiger partial charge in [0.05, 0.1) is 10.8 Å². The van der Waals surface area contributed by atoms with Crippen molar-refractivity contribution in [2.45, 2.75) is 50.1 Å². The van der Waals surface area contributed by atoms with E-state index in [0.717, 1.165) is 17.1 Å². The lowest BCUT2D eigenvalue weighted by Crippen LogP contribution is -2.29. The fraction of sp³-hybridized carbons (Fsp3) is 0.571. The summed E-state index contributed by atoms with van der Waals surface area (Å²) in [5.74, 6) is 0.805. The van der Waals surface area contributed by atoms with Gasteiger partial charge in [-0.05, 0) is 55.9 Å². The molecule has 1 aromatic carbocycles. The first-order valence-corrected chi connectivity index (χ1v) is 7.72. The molecule has 2 atom stereocenters. The molecule has 92 valence electrons. The third-order valence-corrected chi connectivity index (χ3v) is 5.30. The molecule has 1 heterocycles. The Morgan fingerprint density at radius 1 is 1.18 bits per heavy atom. The quantitative estimate of drug-likeness (QED) is 0.873. The Kier molecular flexibility index (Phi) is 2.83. The number of nitrogens with one attached hydrogen (secondary N) is 1. The molecule has 0 aromatic heterocycles. The van der Waals surface area contributed by atoms with Crippen LogP contribution in [0.5, 0.6) is 0 Å². The maximum absolute atomic E-state index is 12.1. The lowest BCUT2D eigenvalue weighted by molar-refractivity contribution is 0.501. The van der Waals surface area contributed by atoms with E-state index in [9.17, 15) is 4.21 Å². The van der Waals surface area contributed by atoms with Crippen LogP contribution >= 0.6 is 0 Å². The van der Waals surface area contributed by atoms with Crippen molar-refractivity contribution in [1.82, 2.24) is 5.32 Å². The molecule has 0 amide bonds.